The molecular formula is C20H21Cl2N3O3. The van der Waals surface area contributed by atoms with Crippen LogP contribution in [-0.2, 0) is 9.59 Å². The fourth-order valence-electron chi connectivity index (χ4n) is 3.21. The molecule has 0 saturated carbocycles. The van der Waals surface area contributed by atoms with Crippen LogP contribution in [0.25, 0.3) is 11.3 Å². The average molecular weight is 422 g/mol. The topological polar surface area (TPSA) is 82.5 Å². The Morgan fingerprint density at radius 3 is 2.54 bits per heavy atom. The van der Waals surface area contributed by atoms with Gasteiger partial charge >= 0.3 is 5.97 Å². The Balaban J connectivity index is 1.67. The van der Waals surface area contributed by atoms with Gasteiger partial charge in [0.1, 0.15) is 11.9 Å². The Morgan fingerprint density at radius 2 is 1.86 bits per heavy atom. The van der Waals surface area contributed by atoms with Crippen molar-refractivity contribution >= 4 is 40.9 Å². The molecule has 0 unspecified atom stereocenters. The number of aliphatic carboxylic acids is 1. The molecule has 3 rings (SSSR count). The second-order valence-electron chi connectivity index (χ2n) is 6.81. The van der Waals surface area contributed by atoms with Gasteiger partial charge in [-0.2, -0.15) is 0 Å². The zero-order valence-corrected chi connectivity index (χ0v) is 16.9. The summed E-state index contributed by atoms with van der Waals surface area (Å²) in [6.07, 6.45) is 1.28. The lowest BCUT2D eigenvalue weighted by Gasteiger charge is -2.32. The van der Waals surface area contributed by atoms with E-state index in [9.17, 15) is 9.59 Å². The van der Waals surface area contributed by atoms with Gasteiger partial charge in [0.15, 0.2) is 0 Å². The monoisotopic (exact) mass is 421 g/mol. The van der Waals surface area contributed by atoms with Crippen LogP contribution in [0.1, 0.15) is 19.8 Å². The van der Waals surface area contributed by atoms with E-state index in [0.717, 1.165) is 17.1 Å². The number of rotatable bonds is 5. The first-order valence-electron chi connectivity index (χ1n) is 9.06. The Bertz CT molecular complexity index is 883. The molecule has 1 saturated heterocycles. The smallest absolute Gasteiger partial charge is 0.325 e. The highest BCUT2D eigenvalue weighted by Gasteiger charge is 2.27. The summed E-state index contributed by atoms with van der Waals surface area (Å²) in [4.78, 5) is 30.0. The van der Waals surface area contributed by atoms with Gasteiger partial charge in [0.2, 0.25) is 5.91 Å². The Kier molecular flexibility index (Phi) is 6.42. The molecule has 148 valence electrons. The summed E-state index contributed by atoms with van der Waals surface area (Å²) in [5.41, 5.74) is 1.51. The second kappa shape index (κ2) is 8.80. The van der Waals surface area contributed by atoms with E-state index in [4.69, 9.17) is 33.3 Å². The number of nitrogens with zero attached hydrogens (tertiary/aromatic N) is 2. The normalized spacial score (nSPS) is 15.9. The highest BCUT2D eigenvalue weighted by atomic mass is 35.5. The first-order valence-corrected chi connectivity index (χ1v) is 9.82. The predicted molar refractivity (Wildman–Crippen MR) is 110 cm³/mol. The van der Waals surface area contributed by atoms with Gasteiger partial charge in [-0.25, -0.2) is 4.98 Å². The molecule has 6 nitrogen and oxygen atoms in total. The predicted octanol–water partition coefficient (Wildman–Crippen LogP) is 3.86. The van der Waals surface area contributed by atoms with Crippen molar-refractivity contribution in [3.63, 3.8) is 0 Å². The van der Waals surface area contributed by atoms with Crippen molar-refractivity contribution in [1.29, 1.82) is 0 Å². The maximum Gasteiger partial charge on any atom is 0.325 e. The highest BCUT2D eigenvalue weighted by molar-refractivity contribution is 6.43. The minimum absolute atomic E-state index is 0.191. The number of carbonyl (C=O) groups excluding carboxylic acids is 1. The number of carbonyl (C=O) groups is 2. The number of hydrogen-bond donors (Lipinski definition) is 2. The van der Waals surface area contributed by atoms with Crippen LogP contribution in [0, 0.1) is 5.92 Å². The number of pyridine rings is 1. The quantitative estimate of drug-likeness (QED) is 0.765. The van der Waals surface area contributed by atoms with E-state index in [0.29, 0.717) is 36.0 Å². The summed E-state index contributed by atoms with van der Waals surface area (Å²) in [5.74, 6) is -0.622. The highest BCUT2D eigenvalue weighted by Crippen LogP contribution is 2.33. The van der Waals surface area contributed by atoms with Crippen LogP contribution < -0.4 is 10.2 Å². The molecule has 1 aliphatic rings. The minimum atomic E-state index is -1.04. The van der Waals surface area contributed by atoms with Gasteiger partial charge in [-0.3, -0.25) is 9.59 Å². The fraction of sp³-hybridized carbons (Fsp3) is 0.350. The molecule has 1 atom stereocenters. The van der Waals surface area contributed by atoms with Gasteiger partial charge in [-0.15, -0.1) is 0 Å². The molecule has 0 bridgehead atoms. The van der Waals surface area contributed by atoms with Crippen molar-refractivity contribution in [1.82, 2.24) is 10.3 Å². The summed E-state index contributed by atoms with van der Waals surface area (Å²) < 4.78 is 0. The van der Waals surface area contributed by atoms with Crippen LogP contribution in [0.2, 0.25) is 10.0 Å². The molecule has 1 aromatic heterocycles. The summed E-state index contributed by atoms with van der Waals surface area (Å²) in [6, 6.07) is 10.3. The molecule has 1 fully saturated rings. The second-order valence-corrected chi connectivity index (χ2v) is 7.60. The van der Waals surface area contributed by atoms with Crippen molar-refractivity contribution < 1.29 is 14.7 Å². The van der Waals surface area contributed by atoms with E-state index >= 15 is 0 Å². The van der Waals surface area contributed by atoms with Gasteiger partial charge in [0.25, 0.3) is 0 Å². The molecule has 28 heavy (non-hydrogen) atoms. The molecule has 2 heterocycles. The number of carboxylic acids is 1. The van der Waals surface area contributed by atoms with E-state index < -0.39 is 12.0 Å². The number of benzene rings is 1. The number of hydrogen-bond acceptors (Lipinski definition) is 4. The van der Waals surface area contributed by atoms with E-state index in [1.54, 1.807) is 6.07 Å². The average Bonchev–Trinajstić information content (AvgIpc) is 2.70. The van der Waals surface area contributed by atoms with Gasteiger partial charge < -0.3 is 15.3 Å². The third-order valence-corrected chi connectivity index (χ3v) is 5.70. The molecule has 8 heteroatoms. The maximum absolute atomic E-state index is 12.2. The minimum Gasteiger partial charge on any atom is -0.480 e. The zero-order valence-electron chi connectivity index (χ0n) is 15.4. The van der Waals surface area contributed by atoms with Crippen molar-refractivity contribution in [3.8, 4) is 11.3 Å². The van der Waals surface area contributed by atoms with Gasteiger partial charge in [-0.1, -0.05) is 41.4 Å². The van der Waals surface area contributed by atoms with E-state index in [2.05, 4.69) is 10.2 Å². The van der Waals surface area contributed by atoms with Crippen molar-refractivity contribution in [3.05, 3.63) is 46.4 Å². The van der Waals surface area contributed by atoms with Crippen molar-refractivity contribution in [2.24, 2.45) is 5.92 Å². The summed E-state index contributed by atoms with van der Waals surface area (Å²) in [5, 5.41) is 12.4. The van der Waals surface area contributed by atoms with Gasteiger partial charge in [0.05, 0.1) is 15.7 Å². The molecule has 1 amide bonds. The van der Waals surface area contributed by atoms with Crippen LogP contribution in [0.3, 0.4) is 0 Å². The Hall–Kier alpha value is -2.31. The zero-order chi connectivity index (χ0) is 20.3. The molecular weight excluding hydrogens is 401 g/mol. The van der Waals surface area contributed by atoms with Crippen LogP contribution in [0.4, 0.5) is 5.82 Å². The lowest BCUT2D eigenvalue weighted by Crippen LogP contribution is -2.45. The van der Waals surface area contributed by atoms with E-state index in [1.807, 2.05) is 30.3 Å². The maximum atomic E-state index is 12.2. The summed E-state index contributed by atoms with van der Waals surface area (Å²) >= 11 is 12.4. The number of anilines is 1. The SMILES string of the molecule is C[C@H](NC(=O)C1CCN(c2cccc(-c3cccc(Cl)c3Cl)n2)CC1)C(=O)O. The number of aromatic nitrogens is 1. The van der Waals surface area contributed by atoms with E-state index in [1.165, 1.54) is 6.92 Å². The number of piperidine rings is 1. The Morgan fingerprint density at radius 1 is 1.18 bits per heavy atom. The molecule has 2 aromatic rings. The standard InChI is InChI=1S/C20H21Cl2N3O3/c1-12(20(27)28)23-19(26)13-8-10-25(11-9-13)17-7-3-6-16(24-17)14-4-2-5-15(21)18(14)22/h2-7,12-13H,8-11H2,1H3,(H,23,26)(H,27,28)/t12-/m0/s1. The van der Waals surface area contributed by atoms with Crippen LogP contribution in [-0.4, -0.2) is 41.1 Å². The summed E-state index contributed by atoms with van der Waals surface area (Å²) in [6.45, 7) is 2.80. The molecule has 2 N–H and O–H groups in total. The van der Waals surface area contributed by atoms with Crippen molar-refractivity contribution in [2.75, 3.05) is 18.0 Å². The van der Waals surface area contributed by atoms with E-state index in [-0.39, 0.29) is 11.8 Å². The molecule has 1 aliphatic heterocycles. The number of nitrogens with one attached hydrogen (secondary N) is 1. The Labute approximate surface area is 173 Å². The van der Waals surface area contributed by atoms with Crippen molar-refractivity contribution in [2.45, 2.75) is 25.8 Å². The van der Waals surface area contributed by atoms with Crippen LogP contribution in [0.5, 0.6) is 0 Å². The largest absolute Gasteiger partial charge is 0.480 e. The fourth-order valence-corrected chi connectivity index (χ4v) is 3.61. The number of carboxylic acid groups (broad SMARTS) is 1. The van der Waals surface area contributed by atoms with Gasteiger partial charge in [0, 0.05) is 24.6 Å². The lowest BCUT2D eigenvalue weighted by atomic mass is 9.95. The molecule has 0 spiro atoms. The van der Waals surface area contributed by atoms with Crippen LogP contribution >= 0.6 is 23.2 Å². The number of amides is 1. The van der Waals surface area contributed by atoms with Crippen LogP contribution in [0.15, 0.2) is 36.4 Å². The molecule has 0 aliphatic carbocycles. The molecule has 0 radical (unpaired) electrons. The third kappa shape index (κ3) is 4.56. The first-order chi connectivity index (χ1) is 13.4. The third-order valence-electron chi connectivity index (χ3n) is 4.88. The number of halogens is 2. The molecule has 1 aromatic carbocycles. The van der Waals surface area contributed by atoms with Gasteiger partial charge in [-0.05, 0) is 38.0 Å². The summed E-state index contributed by atoms with van der Waals surface area (Å²) in [7, 11) is 0. The first kappa shape index (κ1) is 20.4. The lowest BCUT2D eigenvalue weighted by molar-refractivity contribution is -0.142.